The van der Waals surface area contributed by atoms with Crippen LogP contribution in [-0.2, 0) is 0 Å². The molecule has 4 atom stereocenters. The van der Waals surface area contributed by atoms with Gasteiger partial charge in [-0.15, -0.1) is 0 Å². The molecule has 0 aromatic heterocycles. The standard InChI is InChI=1S/C8H13N/c1-2-8-7-3-6(1)4-9(8)5-7/h6-8H,1-5H2/t6-,7+,8-/m1/s1. The Kier molecular flexibility index (Phi) is 0.704. The third-order valence-corrected chi connectivity index (χ3v) is 3.48. The van der Waals surface area contributed by atoms with E-state index in [0.717, 1.165) is 17.9 Å². The van der Waals surface area contributed by atoms with Gasteiger partial charge in [-0.1, -0.05) is 0 Å². The number of hydrogen-bond acceptors (Lipinski definition) is 1. The van der Waals surface area contributed by atoms with E-state index in [1.165, 1.54) is 25.9 Å². The summed E-state index contributed by atoms with van der Waals surface area (Å²) in [6.45, 7) is 2.89. The van der Waals surface area contributed by atoms with Gasteiger partial charge in [0.25, 0.3) is 0 Å². The maximum absolute atomic E-state index is 2.68. The van der Waals surface area contributed by atoms with E-state index in [-0.39, 0.29) is 0 Å². The molecule has 5 fully saturated rings. The lowest BCUT2D eigenvalue weighted by Gasteiger charge is -2.59. The molecule has 4 heterocycles. The summed E-state index contributed by atoms with van der Waals surface area (Å²) in [7, 11) is 0. The van der Waals surface area contributed by atoms with E-state index < -0.39 is 0 Å². The highest BCUT2D eigenvalue weighted by atomic mass is 15.3. The SMILES string of the molecule is C1C[C@@H]2[C@H]3C[C@@H]1CN2C3. The van der Waals surface area contributed by atoms with Crippen LogP contribution in [-0.4, -0.2) is 24.0 Å². The third kappa shape index (κ3) is 0.454. The minimum atomic E-state index is 1.05. The van der Waals surface area contributed by atoms with E-state index in [1.54, 1.807) is 6.42 Å². The minimum Gasteiger partial charge on any atom is -0.299 e. The summed E-state index contributed by atoms with van der Waals surface area (Å²) >= 11 is 0. The smallest absolute Gasteiger partial charge is 0.0136 e. The van der Waals surface area contributed by atoms with Gasteiger partial charge in [0.1, 0.15) is 0 Å². The number of piperidine rings is 3. The van der Waals surface area contributed by atoms with Crippen molar-refractivity contribution in [3.8, 4) is 0 Å². The van der Waals surface area contributed by atoms with Gasteiger partial charge in [-0.25, -0.2) is 0 Å². The quantitative estimate of drug-likeness (QED) is 0.466. The van der Waals surface area contributed by atoms with E-state index in [0.29, 0.717) is 0 Å². The molecule has 0 radical (unpaired) electrons. The molecule has 0 aromatic rings. The Morgan fingerprint density at radius 3 is 2.44 bits per heavy atom. The zero-order valence-corrected chi connectivity index (χ0v) is 5.71. The largest absolute Gasteiger partial charge is 0.299 e. The highest BCUT2D eigenvalue weighted by Gasteiger charge is 2.48. The van der Waals surface area contributed by atoms with Crippen molar-refractivity contribution in [2.75, 3.05) is 13.1 Å². The molecule has 0 amide bonds. The van der Waals surface area contributed by atoms with Gasteiger partial charge in [-0.05, 0) is 31.1 Å². The Balaban J connectivity index is 1.93. The lowest BCUT2D eigenvalue weighted by molar-refractivity contribution is -0.0991. The van der Waals surface area contributed by atoms with Crippen molar-refractivity contribution in [2.45, 2.75) is 25.3 Å². The highest BCUT2D eigenvalue weighted by molar-refractivity contribution is 5.02. The van der Waals surface area contributed by atoms with Gasteiger partial charge in [0.2, 0.25) is 0 Å². The second-order valence-electron chi connectivity index (χ2n) is 3.96. The third-order valence-electron chi connectivity index (χ3n) is 3.48. The van der Waals surface area contributed by atoms with Crippen LogP contribution in [0.25, 0.3) is 0 Å². The summed E-state index contributed by atoms with van der Waals surface area (Å²) in [5.41, 5.74) is 0. The lowest BCUT2D eigenvalue weighted by Crippen LogP contribution is -2.65. The maximum atomic E-state index is 2.68. The van der Waals surface area contributed by atoms with Gasteiger partial charge in [-0.2, -0.15) is 0 Å². The van der Waals surface area contributed by atoms with Gasteiger partial charge in [0, 0.05) is 19.1 Å². The first-order chi connectivity index (χ1) is 4.43. The Hall–Kier alpha value is -0.0400. The summed E-state index contributed by atoms with van der Waals surface area (Å²) < 4.78 is 0. The average molecular weight is 123 g/mol. The second kappa shape index (κ2) is 1.34. The van der Waals surface area contributed by atoms with Gasteiger partial charge in [0.15, 0.2) is 0 Å². The lowest BCUT2D eigenvalue weighted by atomic mass is 9.66. The number of hydrogen-bond donors (Lipinski definition) is 0. The fourth-order valence-electron chi connectivity index (χ4n) is 3.03. The summed E-state index contributed by atoms with van der Waals surface area (Å²) in [5, 5.41) is 0. The van der Waals surface area contributed by atoms with Crippen LogP contribution in [0.4, 0.5) is 0 Å². The first kappa shape index (κ1) is 4.73. The average Bonchev–Trinajstić information content (AvgIpc) is 1.88. The van der Waals surface area contributed by atoms with Crippen LogP contribution in [0, 0.1) is 11.8 Å². The van der Waals surface area contributed by atoms with Gasteiger partial charge in [-0.3, -0.25) is 4.90 Å². The molecule has 9 heavy (non-hydrogen) atoms. The summed E-state index contributed by atoms with van der Waals surface area (Å²) in [4.78, 5) is 2.68. The van der Waals surface area contributed by atoms with Crippen molar-refractivity contribution in [1.82, 2.24) is 4.90 Å². The van der Waals surface area contributed by atoms with Crippen LogP contribution in [0.5, 0.6) is 0 Å². The molecule has 1 heteroatoms. The van der Waals surface area contributed by atoms with Gasteiger partial charge in [0.05, 0.1) is 0 Å². The normalized spacial score (nSPS) is 61.3. The molecule has 5 rings (SSSR count). The Bertz CT molecular complexity index is 128. The predicted molar refractivity (Wildman–Crippen MR) is 36.2 cm³/mol. The van der Waals surface area contributed by atoms with Gasteiger partial charge >= 0.3 is 0 Å². The Morgan fingerprint density at radius 2 is 2.11 bits per heavy atom. The number of fused-ring (bicyclic) bond motifs is 1. The Labute approximate surface area is 56.0 Å². The molecular formula is C8H13N. The molecule has 50 valence electrons. The zero-order chi connectivity index (χ0) is 5.84. The number of rotatable bonds is 0. The van der Waals surface area contributed by atoms with Crippen LogP contribution in [0.2, 0.25) is 0 Å². The summed E-state index contributed by atoms with van der Waals surface area (Å²) in [6, 6.07) is 1.05. The minimum absolute atomic E-state index is 1.05. The molecule has 4 bridgehead atoms. The van der Waals surface area contributed by atoms with Crippen molar-refractivity contribution in [3.05, 3.63) is 0 Å². The van der Waals surface area contributed by atoms with Crippen LogP contribution < -0.4 is 0 Å². The first-order valence-electron chi connectivity index (χ1n) is 4.17. The predicted octanol–water partition coefficient (Wildman–Crippen LogP) is 1.10. The first-order valence-corrected chi connectivity index (χ1v) is 4.17. The van der Waals surface area contributed by atoms with Crippen LogP contribution in [0.1, 0.15) is 19.3 Å². The molecule has 4 aliphatic heterocycles. The van der Waals surface area contributed by atoms with E-state index in [2.05, 4.69) is 4.90 Å². The maximum Gasteiger partial charge on any atom is 0.0136 e. The molecule has 0 spiro atoms. The molecule has 4 saturated heterocycles. The molecule has 1 aliphatic carbocycles. The van der Waals surface area contributed by atoms with E-state index >= 15 is 0 Å². The second-order valence-corrected chi connectivity index (χ2v) is 3.96. The van der Waals surface area contributed by atoms with Crippen molar-refractivity contribution in [3.63, 3.8) is 0 Å². The van der Waals surface area contributed by atoms with E-state index in [1.807, 2.05) is 0 Å². The highest BCUT2D eigenvalue weighted by Crippen LogP contribution is 2.46. The van der Waals surface area contributed by atoms with E-state index in [9.17, 15) is 0 Å². The monoisotopic (exact) mass is 123 g/mol. The van der Waals surface area contributed by atoms with Crippen LogP contribution in [0.15, 0.2) is 0 Å². The fourth-order valence-corrected chi connectivity index (χ4v) is 3.03. The summed E-state index contributed by atoms with van der Waals surface area (Å²) in [5.74, 6) is 2.24. The van der Waals surface area contributed by atoms with Crippen LogP contribution in [0.3, 0.4) is 0 Å². The van der Waals surface area contributed by atoms with Crippen molar-refractivity contribution < 1.29 is 0 Å². The van der Waals surface area contributed by atoms with Crippen LogP contribution >= 0.6 is 0 Å². The Morgan fingerprint density at radius 1 is 1.11 bits per heavy atom. The molecule has 1 saturated carbocycles. The number of nitrogens with zero attached hydrogens (tertiary/aromatic N) is 1. The van der Waals surface area contributed by atoms with Crippen molar-refractivity contribution >= 4 is 0 Å². The van der Waals surface area contributed by atoms with Crippen molar-refractivity contribution in [1.29, 1.82) is 0 Å². The fraction of sp³-hybridized carbons (Fsp3) is 1.00. The van der Waals surface area contributed by atoms with Crippen molar-refractivity contribution in [2.24, 2.45) is 11.8 Å². The molecular weight excluding hydrogens is 110 g/mol. The summed E-state index contributed by atoms with van der Waals surface area (Å²) in [6.07, 6.45) is 4.63. The molecule has 0 N–H and O–H groups in total. The zero-order valence-electron chi connectivity index (χ0n) is 5.71. The molecule has 1 unspecified atom stereocenters. The molecule has 0 aromatic carbocycles. The van der Waals surface area contributed by atoms with E-state index in [4.69, 9.17) is 0 Å². The molecule has 5 aliphatic rings. The molecule has 1 nitrogen and oxygen atoms in total. The van der Waals surface area contributed by atoms with Gasteiger partial charge < -0.3 is 0 Å². The topological polar surface area (TPSA) is 3.24 Å².